The number of carbonyl (C=O) groups excluding carboxylic acids is 2. The number of carbonyl (C=O) groups is 2. The Hall–Kier alpha value is -1.34. The Labute approximate surface area is 108 Å². The third-order valence-corrected chi connectivity index (χ3v) is 2.03. The van der Waals surface area contributed by atoms with Gasteiger partial charge in [0.05, 0.1) is 6.54 Å². The van der Waals surface area contributed by atoms with E-state index in [1.807, 2.05) is 27.7 Å². The van der Waals surface area contributed by atoms with E-state index in [0.717, 1.165) is 0 Å². The van der Waals surface area contributed by atoms with E-state index in [0.29, 0.717) is 19.0 Å². The van der Waals surface area contributed by atoms with Gasteiger partial charge in [0.1, 0.15) is 0 Å². The monoisotopic (exact) mass is 259 g/mol. The van der Waals surface area contributed by atoms with Gasteiger partial charge in [0.2, 0.25) is 0 Å². The number of hydrazine groups is 2. The molecule has 0 spiro atoms. The largest absolute Gasteiger partial charge is 0.350 e. The minimum absolute atomic E-state index is 0.0468. The zero-order valence-electron chi connectivity index (χ0n) is 11.6. The van der Waals surface area contributed by atoms with Crippen LogP contribution in [0.15, 0.2) is 0 Å². The smallest absolute Gasteiger partial charge is 0.331 e. The van der Waals surface area contributed by atoms with E-state index in [-0.39, 0.29) is 18.4 Å². The van der Waals surface area contributed by atoms with Gasteiger partial charge in [0.25, 0.3) is 5.91 Å². The molecule has 0 fully saturated rings. The summed E-state index contributed by atoms with van der Waals surface area (Å²) in [7, 11) is 0. The molecule has 0 rings (SSSR count). The molecule has 0 heterocycles. The second kappa shape index (κ2) is 7.88. The van der Waals surface area contributed by atoms with E-state index in [1.54, 1.807) is 0 Å². The summed E-state index contributed by atoms with van der Waals surface area (Å²) in [4.78, 5) is 22.8. The van der Waals surface area contributed by atoms with Gasteiger partial charge in [0, 0.05) is 13.1 Å². The van der Waals surface area contributed by atoms with Crippen molar-refractivity contribution in [3.8, 4) is 0 Å². The summed E-state index contributed by atoms with van der Waals surface area (Å²) in [6.07, 6.45) is 0. The molecule has 0 aromatic carbocycles. The molecule has 0 saturated heterocycles. The van der Waals surface area contributed by atoms with Crippen molar-refractivity contribution in [2.75, 3.05) is 19.6 Å². The minimum atomic E-state index is -0.753. The highest BCUT2D eigenvalue weighted by Gasteiger charge is 2.18. The first-order chi connectivity index (χ1) is 8.22. The molecule has 0 aliphatic rings. The molecule has 0 aliphatic carbocycles. The van der Waals surface area contributed by atoms with Gasteiger partial charge in [-0.1, -0.05) is 27.7 Å². The predicted octanol–water partition coefficient (Wildman–Crippen LogP) is -0.114. The fourth-order valence-electron chi connectivity index (χ4n) is 1.50. The van der Waals surface area contributed by atoms with Gasteiger partial charge >= 0.3 is 6.03 Å². The molecule has 7 heteroatoms. The van der Waals surface area contributed by atoms with Crippen LogP contribution < -0.4 is 17.0 Å². The van der Waals surface area contributed by atoms with E-state index in [9.17, 15) is 9.59 Å². The first kappa shape index (κ1) is 16.7. The highest BCUT2D eigenvalue weighted by atomic mass is 16.2. The predicted molar refractivity (Wildman–Crippen MR) is 69.9 cm³/mol. The Kier molecular flexibility index (Phi) is 7.30. The summed E-state index contributed by atoms with van der Waals surface area (Å²) < 4.78 is 0. The van der Waals surface area contributed by atoms with Crippen molar-refractivity contribution in [3.63, 3.8) is 0 Å². The van der Waals surface area contributed by atoms with Crippen LogP contribution in [0.5, 0.6) is 0 Å². The number of hydrogen-bond donors (Lipinski definition) is 3. The van der Waals surface area contributed by atoms with Crippen LogP contribution in [0.4, 0.5) is 4.79 Å². The molecule has 0 bridgehead atoms. The van der Waals surface area contributed by atoms with E-state index in [4.69, 9.17) is 11.6 Å². The van der Waals surface area contributed by atoms with Gasteiger partial charge in [-0.05, 0) is 11.8 Å². The highest BCUT2D eigenvalue weighted by molar-refractivity contribution is 5.81. The van der Waals surface area contributed by atoms with E-state index < -0.39 is 6.03 Å². The molecule has 0 aromatic heterocycles. The Bertz CT molecular complexity index is 281. The fraction of sp³-hybridized carbons (Fsp3) is 0.818. The maximum atomic E-state index is 11.9. The molecule has 0 aliphatic heterocycles. The van der Waals surface area contributed by atoms with Crippen LogP contribution in [0.2, 0.25) is 0 Å². The van der Waals surface area contributed by atoms with E-state index in [1.165, 1.54) is 10.0 Å². The molecular formula is C11H25N5O2. The zero-order chi connectivity index (χ0) is 14.3. The third kappa shape index (κ3) is 7.86. The van der Waals surface area contributed by atoms with Crippen molar-refractivity contribution in [1.82, 2.24) is 15.4 Å². The number of nitrogens with one attached hydrogen (secondary N) is 1. The van der Waals surface area contributed by atoms with Crippen molar-refractivity contribution in [3.05, 3.63) is 0 Å². The summed E-state index contributed by atoms with van der Waals surface area (Å²) in [5.74, 6) is 6.03. The SMILES string of the molecule is CC(C)CN(N)CC(=O)N(CC(C)C)NC(N)=O. The Morgan fingerprint density at radius 1 is 1.11 bits per heavy atom. The van der Waals surface area contributed by atoms with E-state index in [2.05, 4.69) is 5.43 Å². The van der Waals surface area contributed by atoms with Crippen molar-refractivity contribution < 1.29 is 9.59 Å². The molecule has 18 heavy (non-hydrogen) atoms. The van der Waals surface area contributed by atoms with Crippen LogP contribution in [0.1, 0.15) is 27.7 Å². The summed E-state index contributed by atoms with van der Waals surface area (Å²) in [6, 6.07) is -0.753. The lowest BCUT2D eigenvalue weighted by atomic mass is 10.2. The summed E-state index contributed by atoms with van der Waals surface area (Å²) >= 11 is 0. The van der Waals surface area contributed by atoms with Gasteiger partial charge in [-0.15, -0.1) is 0 Å². The quantitative estimate of drug-likeness (QED) is 0.457. The number of primary amides is 1. The second-order valence-electron chi connectivity index (χ2n) is 5.20. The van der Waals surface area contributed by atoms with Crippen molar-refractivity contribution in [1.29, 1.82) is 0 Å². The standard InChI is InChI=1S/C11H25N5O2/c1-8(2)5-15(13)7-10(17)16(6-9(3)4)14-11(12)18/h8-9H,5-7,13H2,1-4H3,(H3,12,14,18). The van der Waals surface area contributed by atoms with Crippen molar-refractivity contribution in [2.45, 2.75) is 27.7 Å². The van der Waals surface area contributed by atoms with Crippen LogP contribution in [-0.4, -0.2) is 41.6 Å². The van der Waals surface area contributed by atoms with Crippen LogP contribution in [-0.2, 0) is 4.79 Å². The lowest BCUT2D eigenvalue weighted by Gasteiger charge is -2.26. The topological polar surface area (TPSA) is 105 Å². The zero-order valence-corrected chi connectivity index (χ0v) is 11.6. The maximum absolute atomic E-state index is 11.9. The van der Waals surface area contributed by atoms with Gasteiger partial charge in [-0.25, -0.2) is 15.2 Å². The lowest BCUT2D eigenvalue weighted by Crippen LogP contribution is -2.54. The third-order valence-electron chi connectivity index (χ3n) is 2.03. The number of hydrogen-bond acceptors (Lipinski definition) is 4. The Balaban J connectivity index is 4.40. The summed E-state index contributed by atoms with van der Waals surface area (Å²) in [6.45, 7) is 8.96. The molecule has 3 amide bonds. The van der Waals surface area contributed by atoms with Gasteiger partial charge < -0.3 is 5.73 Å². The van der Waals surface area contributed by atoms with Crippen molar-refractivity contribution >= 4 is 11.9 Å². The molecule has 7 nitrogen and oxygen atoms in total. The molecule has 0 saturated carbocycles. The normalized spacial score (nSPS) is 11.1. The Morgan fingerprint density at radius 3 is 2.00 bits per heavy atom. The molecule has 0 aromatic rings. The van der Waals surface area contributed by atoms with Crippen LogP contribution in [0.25, 0.3) is 0 Å². The molecular weight excluding hydrogens is 234 g/mol. The average molecular weight is 259 g/mol. The fourth-order valence-corrected chi connectivity index (χ4v) is 1.50. The number of nitrogens with zero attached hydrogens (tertiary/aromatic N) is 2. The summed E-state index contributed by atoms with van der Waals surface area (Å²) in [5, 5.41) is 2.65. The van der Waals surface area contributed by atoms with E-state index >= 15 is 0 Å². The average Bonchev–Trinajstić information content (AvgIpc) is 2.13. The van der Waals surface area contributed by atoms with Gasteiger partial charge in [-0.2, -0.15) is 0 Å². The second-order valence-corrected chi connectivity index (χ2v) is 5.20. The first-order valence-corrected chi connectivity index (χ1v) is 6.08. The maximum Gasteiger partial charge on any atom is 0.331 e. The molecule has 0 unspecified atom stereocenters. The van der Waals surface area contributed by atoms with Crippen LogP contribution in [0, 0.1) is 11.8 Å². The molecule has 0 atom stereocenters. The number of urea groups is 1. The minimum Gasteiger partial charge on any atom is -0.350 e. The summed E-state index contributed by atoms with van der Waals surface area (Å²) in [5.41, 5.74) is 7.34. The Morgan fingerprint density at radius 2 is 1.61 bits per heavy atom. The highest BCUT2D eigenvalue weighted by Crippen LogP contribution is 1.99. The van der Waals surface area contributed by atoms with Crippen molar-refractivity contribution in [2.24, 2.45) is 23.4 Å². The first-order valence-electron chi connectivity index (χ1n) is 6.08. The van der Waals surface area contributed by atoms with Gasteiger partial charge in [0.15, 0.2) is 0 Å². The van der Waals surface area contributed by atoms with Gasteiger partial charge in [-0.3, -0.25) is 15.6 Å². The van der Waals surface area contributed by atoms with Crippen LogP contribution >= 0.6 is 0 Å². The molecule has 106 valence electrons. The number of nitrogens with two attached hydrogens (primary N) is 2. The number of rotatable bonds is 6. The molecule has 0 radical (unpaired) electrons. The van der Waals surface area contributed by atoms with Crippen LogP contribution in [0.3, 0.4) is 0 Å². The lowest BCUT2D eigenvalue weighted by molar-refractivity contribution is -0.135. The number of amides is 3. The molecule has 5 N–H and O–H groups in total.